The van der Waals surface area contributed by atoms with Gasteiger partial charge in [-0.15, -0.1) is 0 Å². The molecule has 2 N–H and O–H groups in total. The molecule has 1 aromatic carbocycles. The highest BCUT2D eigenvalue weighted by Crippen LogP contribution is 2.24. The summed E-state index contributed by atoms with van der Waals surface area (Å²) < 4.78 is 10.3. The Morgan fingerprint density at radius 3 is 2.80 bits per heavy atom. The standard InChI is InChI=1S/C15H16N2O3/c1-19-13-7-4-6-12(16)14(13)15(18)20-10-8-11-5-2-3-9-17-11/h2-7,9H,8,10,16H2,1H3. The van der Waals surface area contributed by atoms with Crippen LogP contribution < -0.4 is 10.5 Å². The van der Waals surface area contributed by atoms with Crippen LogP contribution in [0.25, 0.3) is 0 Å². The Hall–Kier alpha value is -2.56. The molecule has 5 heteroatoms. The highest BCUT2D eigenvalue weighted by atomic mass is 16.5. The number of ether oxygens (including phenoxy) is 2. The number of esters is 1. The number of pyridine rings is 1. The highest BCUT2D eigenvalue weighted by molar-refractivity contribution is 5.98. The molecule has 0 spiro atoms. The van der Waals surface area contributed by atoms with E-state index in [4.69, 9.17) is 15.2 Å². The number of aromatic nitrogens is 1. The Balaban J connectivity index is 1.99. The maximum absolute atomic E-state index is 12.0. The predicted molar refractivity (Wildman–Crippen MR) is 75.6 cm³/mol. The molecular weight excluding hydrogens is 256 g/mol. The van der Waals surface area contributed by atoms with Crippen LogP contribution >= 0.6 is 0 Å². The van der Waals surface area contributed by atoms with Crippen molar-refractivity contribution >= 4 is 11.7 Å². The molecule has 0 bridgehead atoms. The molecule has 0 unspecified atom stereocenters. The second kappa shape index (κ2) is 6.56. The summed E-state index contributed by atoms with van der Waals surface area (Å²) in [6.07, 6.45) is 2.26. The quantitative estimate of drug-likeness (QED) is 0.666. The molecule has 0 saturated carbocycles. The maximum atomic E-state index is 12.0. The van der Waals surface area contributed by atoms with Crippen molar-refractivity contribution < 1.29 is 14.3 Å². The third kappa shape index (κ3) is 3.26. The average Bonchev–Trinajstić information content (AvgIpc) is 2.47. The zero-order chi connectivity index (χ0) is 14.4. The molecule has 0 aliphatic heterocycles. The topological polar surface area (TPSA) is 74.4 Å². The number of hydrogen-bond acceptors (Lipinski definition) is 5. The highest BCUT2D eigenvalue weighted by Gasteiger charge is 2.17. The minimum absolute atomic E-state index is 0.243. The molecule has 2 rings (SSSR count). The van der Waals surface area contributed by atoms with Gasteiger partial charge in [0.1, 0.15) is 11.3 Å². The van der Waals surface area contributed by atoms with Gasteiger partial charge in [0.25, 0.3) is 0 Å². The Morgan fingerprint density at radius 1 is 1.25 bits per heavy atom. The number of methoxy groups -OCH3 is 1. The fraction of sp³-hybridized carbons (Fsp3) is 0.200. The van der Waals surface area contributed by atoms with Gasteiger partial charge in [0.2, 0.25) is 0 Å². The van der Waals surface area contributed by atoms with Gasteiger partial charge in [-0.25, -0.2) is 4.79 Å². The summed E-state index contributed by atoms with van der Waals surface area (Å²) in [5.41, 5.74) is 7.26. The molecule has 0 radical (unpaired) electrons. The van der Waals surface area contributed by atoms with E-state index in [1.807, 2.05) is 18.2 Å². The van der Waals surface area contributed by atoms with Gasteiger partial charge in [-0.3, -0.25) is 4.98 Å². The van der Waals surface area contributed by atoms with Crippen molar-refractivity contribution in [3.63, 3.8) is 0 Å². The fourth-order valence-corrected chi connectivity index (χ4v) is 1.80. The second-order valence-corrected chi connectivity index (χ2v) is 4.13. The lowest BCUT2D eigenvalue weighted by atomic mass is 10.1. The number of hydrogen-bond donors (Lipinski definition) is 1. The molecule has 0 saturated heterocycles. The van der Waals surface area contributed by atoms with Crippen molar-refractivity contribution in [2.75, 3.05) is 19.5 Å². The Morgan fingerprint density at radius 2 is 2.10 bits per heavy atom. The molecular formula is C15H16N2O3. The van der Waals surface area contributed by atoms with Gasteiger partial charge in [-0.05, 0) is 24.3 Å². The van der Waals surface area contributed by atoms with E-state index >= 15 is 0 Å². The number of rotatable bonds is 5. The number of benzene rings is 1. The lowest BCUT2D eigenvalue weighted by Gasteiger charge is -2.10. The van der Waals surface area contributed by atoms with E-state index in [1.165, 1.54) is 7.11 Å². The summed E-state index contributed by atoms with van der Waals surface area (Å²) in [5.74, 6) is -0.0799. The van der Waals surface area contributed by atoms with E-state index in [-0.39, 0.29) is 12.2 Å². The first-order valence-corrected chi connectivity index (χ1v) is 6.22. The SMILES string of the molecule is COc1cccc(N)c1C(=O)OCCc1ccccn1. The first-order chi connectivity index (χ1) is 9.72. The Bertz CT molecular complexity index is 585. The summed E-state index contributed by atoms with van der Waals surface area (Å²) in [7, 11) is 1.49. The molecule has 1 aromatic heterocycles. The minimum atomic E-state index is -0.490. The number of nitrogen functional groups attached to an aromatic ring is 1. The molecule has 0 aliphatic rings. The summed E-state index contributed by atoms with van der Waals surface area (Å²) in [4.78, 5) is 16.2. The van der Waals surface area contributed by atoms with Gasteiger partial charge in [-0.1, -0.05) is 12.1 Å². The normalized spacial score (nSPS) is 10.1. The molecule has 0 amide bonds. The summed E-state index contributed by atoms with van der Waals surface area (Å²) in [5, 5.41) is 0. The number of nitrogens with two attached hydrogens (primary N) is 1. The first kappa shape index (κ1) is 13.9. The second-order valence-electron chi connectivity index (χ2n) is 4.13. The number of carbonyl (C=O) groups is 1. The maximum Gasteiger partial charge on any atom is 0.344 e. The summed E-state index contributed by atoms with van der Waals surface area (Å²) >= 11 is 0. The lowest BCUT2D eigenvalue weighted by molar-refractivity contribution is 0.0506. The van der Waals surface area contributed by atoms with E-state index in [0.29, 0.717) is 17.9 Å². The number of carbonyl (C=O) groups excluding carboxylic acids is 1. The van der Waals surface area contributed by atoms with Gasteiger partial charge in [0.15, 0.2) is 0 Å². The third-order valence-corrected chi connectivity index (χ3v) is 2.80. The monoisotopic (exact) mass is 272 g/mol. The van der Waals surface area contributed by atoms with E-state index in [2.05, 4.69) is 4.98 Å². The molecule has 20 heavy (non-hydrogen) atoms. The van der Waals surface area contributed by atoms with Crippen LogP contribution in [-0.2, 0) is 11.2 Å². The average molecular weight is 272 g/mol. The number of nitrogens with zero attached hydrogens (tertiary/aromatic N) is 1. The molecule has 0 aliphatic carbocycles. The van der Waals surface area contributed by atoms with Crippen molar-refractivity contribution in [2.45, 2.75) is 6.42 Å². The van der Waals surface area contributed by atoms with Crippen molar-refractivity contribution in [1.29, 1.82) is 0 Å². The van der Waals surface area contributed by atoms with Gasteiger partial charge >= 0.3 is 5.97 Å². The lowest BCUT2D eigenvalue weighted by Crippen LogP contribution is -2.12. The fourth-order valence-electron chi connectivity index (χ4n) is 1.80. The third-order valence-electron chi connectivity index (χ3n) is 2.80. The zero-order valence-electron chi connectivity index (χ0n) is 11.2. The molecule has 0 atom stereocenters. The van der Waals surface area contributed by atoms with Crippen molar-refractivity contribution in [1.82, 2.24) is 4.98 Å². The molecule has 5 nitrogen and oxygen atoms in total. The largest absolute Gasteiger partial charge is 0.496 e. The van der Waals surface area contributed by atoms with Crippen LogP contribution in [0.1, 0.15) is 16.1 Å². The van der Waals surface area contributed by atoms with Crippen LogP contribution in [0, 0.1) is 0 Å². The van der Waals surface area contributed by atoms with E-state index < -0.39 is 5.97 Å². The van der Waals surface area contributed by atoms with Crippen LogP contribution in [0.5, 0.6) is 5.75 Å². The number of anilines is 1. The van der Waals surface area contributed by atoms with E-state index in [0.717, 1.165) is 5.69 Å². The van der Waals surface area contributed by atoms with Crippen LogP contribution in [0.15, 0.2) is 42.6 Å². The van der Waals surface area contributed by atoms with Crippen LogP contribution in [-0.4, -0.2) is 24.7 Å². The van der Waals surface area contributed by atoms with Gasteiger partial charge < -0.3 is 15.2 Å². The van der Waals surface area contributed by atoms with Crippen LogP contribution in [0.2, 0.25) is 0 Å². The van der Waals surface area contributed by atoms with Crippen molar-refractivity contribution in [2.24, 2.45) is 0 Å². The molecule has 2 aromatic rings. The van der Waals surface area contributed by atoms with Gasteiger partial charge in [0.05, 0.1) is 13.7 Å². The summed E-state index contributed by atoms with van der Waals surface area (Å²) in [6.45, 7) is 0.243. The van der Waals surface area contributed by atoms with E-state index in [9.17, 15) is 4.79 Å². The van der Waals surface area contributed by atoms with Gasteiger partial charge in [0, 0.05) is 24.0 Å². The Kier molecular flexibility index (Phi) is 4.55. The molecule has 1 heterocycles. The molecule has 0 fully saturated rings. The van der Waals surface area contributed by atoms with Crippen LogP contribution in [0.3, 0.4) is 0 Å². The molecule has 104 valence electrons. The zero-order valence-corrected chi connectivity index (χ0v) is 11.2. The van der Waals surface area contributed by atoms with Crippen molar-refractivity contribution in [3.05, 3.63) is 53.9 Å². The van der Waals surface area contributed by atoms with Gasteiger partial charge in [-0.2, -0.15) is 0 Å². The van der Waals surface area contributed by atoms with Crippen molar-refractivity contribution in [3.8, 4) is 5.75 Å². The minimum Gasteiger partial charge on any atom is -0.496 e. The first-order valence-electron chi connectivity index (χ1n) is 6.22. The Labute approximate surface area is 117 Å². The van der Waals surface area contributed by atoms with E-state index in [1.54, 1.807) is 24.4 Å². The predicted octanol–water partition coefficient (Wildman–Crippen LogP) is 2.07. The smallest absolute Gasteiger partial charge is 0.344 e. The van der Waals surface area contributed by atoms with Crippen LogP contribution in [0.4, 0.5) is 5.69 Å². The summed E-state index contributed by atoms with van der Waals surface area (Å²) in [6, 6.07) is 10.6.